The second kappa shape index (κ2) is 6.75. The van der Waals surface area contributed by atoms with Crippen LogP contribution in [0.2, 0.25) is 0 Å². The first-order valence-corrected chi connectivity index (χ1v) is 7.30. The molecule has 0 aromatic heterocycles. The van der Waals surface area contributed by atoms with Gasteiger partial charge in [0, 0.05) is 11.6 Å². The van der Waals surface area contributed by atoms with E-state index < -0.39 is 0 Å². The zero-order chi connectivity index (χ0) is 14.5. The highest BCUT2D eigenvalue weighted by atomic mass is 16.5. The minimum Gasteiger partial charge on any atom is -0.491 e. The van der Waals surface area contributed by atoms with Crippen LogP contribution in [0, 0.1) is 0 Å². The molecule has 0 heterocycles. The van der Waals surface area contributed by atoms with Crippen molar-refractivity contribution < 1.29 is 14.6 Å². The lowest BCUT2D eigenvalue weighted by molar-refractivity contribution is 0.0867. The van der Waals surface area contributed by atoms with Gasteiger partial charge >= 0.3 is 0 Å². The fourth-order valence-electron chi connectivity index (χ4n) is 2.47. The second-order valence-corrected chi connectivity index (χ2v) is 5.67. The Balaban J connectivity index is 1.95. The first kappa shape index (κ1) is 14.9. The van der Waals surface area contributed by atoms with Gasteiger partial charge in [-0.25, -0.2) is 0 Å². The van der Waals surface area contributed by atoms with E-state index in [9.17, 15) is 9.90 Å². The Bertz CT molecular complexity index is 451. The third-order valence-corrected chi connectivity index (χ3v) is 3.50. The molecule has 1 amide bonds. The van der Waals surface area contributed by atoms with Crippen LogP contribution in [-0.4, -0.2) is 29.3 Å². The van der Waals surface area contributed by atoms with Gasteiger partial charge < -0.3 is 15.2 Å². The van der Waals surface area contributed by atoms with Crippen LogP contribution in [0.4, 0.5) is 0 Å². The molecule has 2 N–H and O–H groups in total. The van der Waals surface area contributed by atoms with E-state index in [-0.39, 0.29) is 24.2 Å². The Labute approximate surface area is 120 Å². The van der Waals surface area contributed by atoms with Gasteiger partial charge in [0.05, 0.1) is 12.2 Å². The number of ether oxygens (including phenoxy) is 1. The minimum atomic E-state index is -0.203. The summed E-state index contributed by atoms with van der Waals surface area (Å²) in [5.74, 6) is 0.646. The fourth-order valence-corrected chi connectivity index (χ4v) is 2.47. The third-order valence-electron chi connectivity index (χ3n) is 3.50. The van der Waals surface area contributed by atoms with Crippen molar-refractivity contribution in [2.75, 3.05) is 0 Å². The van der Waals surface area contributed by atoms with Gasteiger partial charge in [0.2, 0.25) is 0 Å². The molecule has 1 fully saturated rings. The molecule has 1 aromatic carbocycles. The number of amides is 1. The highest BCUT2D eigenvalue weighted by molar-refractivity contribution is 5.94. The van der Waals surface area contributed by atoms with Crippen molar-refractivity contribution in [2.45, 2.75) is 57.8 Å². The molecule has 0 spiro atoms. The monoisotopic (exact) mass is 277 g/mol. The molecule has 1 aliphatic carbocycles. The van der Waals surface area contributed by atoms with Crippen LogP contribution in [0.5, 0.6) is 5.75 Å². The van der Waals surface area contributed by atoms with E-state index in [1.54, 1.807) is 12.1 Å². The van der Waals surface area contributed by atoms with Crippen LogP contribution in [-0.2, 0) is 0 Å². The number of nitrogens with one attached hydrogen (secondary N) is 1. The lowest BCUT2D eigenvalue weighted by atomic mass is 9.93. The summed E-state index contributed by atoms with van der Waals surface area (Å²) in [6.45, 7) is 3.92. The predicted molar refractivity (Wildman–Crippen MR) is 77.9 cm³/mol. The summed E-state index contributed by atoms with van der Waals surface area (Å²) >= 11 is 0. The van der Waals surface area contributed by atoms with E-state index in [0.29, 0.717) is 11.3 Å². The van der Waals surface area contributed by atoms with Gasteiger partial charge in [-0.1, -0.05) is 6.07 Å². The highest BCUT2D eigenvalue weighted by Gasteiger charge is 2.21. The first-order chi connectivity index (χ1) is 9.54. The average molecular weight is 277 g/mol. The SMILES string of the molecule is CC(C)Oc1cccc(C(=O)NC2CCC(O)CC2)c1. The summed E-state index contributed by atoms with van der Waals surface area (Å²) in [5.41, 5.74) is 0.620. The number of hydrogen-bond donors (Lipinski definition) is 2. The van der Waals surface area contributed by atoms with Crippen LogP contribution in [0.3, 0.4) is 0 Å². The van der Waals surface area contributed by atoms with E-state index in [1.165, 1.54) is 0 Å². The normalized spacial score (nSPS) is 22.6. The summed E-state index contributed by atoms with van der Waals surface area (Å²) in [6.07, 6.45) is 3.10. The Morgan fingerprint density at radius 1 is 1.30 bits per heavy atom. The molecule has 1 aliphatic rings. The van der Waals surface area contributed by atoms with Crippen molar-refractivity contribution in [1.82, 2.24) is 5.32 Å². The third kappa shape index (κ3) is 4.23. The maximum atomic E-state index is 12.2. The van der Waals surface area contributed by atoms with Gasteiger partial charge in [0.1, 0.15) is 5.75 Å². The zero-order valence-electron chi connectivity index (χ0n) is 12.1. The van der Waals surface area contributed by atoms with Crippen molar-refractivity contribution in [3.8, 4) is 5.75 Å². The topological polar surface area (TPSA) is 58.6 Å². The smallest absolute Gasteiger partial charge is 0.251 e. The Morgan fingerprint density at radius 3 is 2.65 bits per heavy atom. The molecule has 4 heteroatoms. The summed E-state index contributed by atoms with van der Waals surface area (Å²) in [5, 5.41) is 12.5. The second-order valence-electron chi connectivity index (χ2n) is 5.67. The van der Waals surface area contributed by atoms with E-state index in [4.69, 9.17) is 4.74 Å². The van der Waals surface area contributed by atoms with Gasteiger partial charge in [-0.05, 0) is 57.7 Å². The molecule has 1 saturated carbocycles. The molecule has 1 aromatic rings. The van der Waals surface area contributed by atoms with Crippen molar-refractivity contribution >= 4 is 5.91 Å². The summed E-state index contributed by atoms with van der Waals surface area (Å²) in [4.78, 5) is 12.2. The summed E-state index contributed by atoms with van der Waals surface area (Å²) < 4.78 is 5.60. The lowest BCUT2D eigenvalue weighted by Crippen LogP contribution is -2.38. The van der Waals surface area contributed by atoms with Gasteiger partial charge in [-0.3, -0.25) is 4.79 Å². The number of hydrogen-bond acceptors (Lipinski definition) is 3. The van der Waals surface area contributed by atoms with Crippen LogP contribution < -0.4 is 10.1 Å². The quantitative estimate of drug-likeness (QED) is 0.889. The Kier molecular flexibility index (Phi) is 5.01. The number of rotatable bonds is 4. The van der Waals surface area contributed by atoms with Crippen molar-refractivity contribution in [3.05, 3.63) is 29.8 Å². The standard InChI is InChI=1S/C16H23NO3/c1-11(2)20-15-5-3-4-12(10-15)16(19)17-13-6-8-14(18)9-7-13/h3-5,10-11,13-14,18H,6-9H2,1-2H3,(H,17,19). The van der Waals surface area contributed by atoms with Crippen LogP contribution in [0.1, 0.15) is 49.9 Å². The fraction of sp³-hybridized carbons (Fsp3) is 0.562. The van der Waals surface area contributed by atoms with Crippen molar-refractivity contribution in [3.63, 3.8) is 0 Å². The van der Waals surface area contributed by atoms with Gasteiger partial charge in [0.25, 0.3) is 5.91 Å². The number of carbonyl (C=O) groups excluding carboxylic acids is 1. The molecule has 4 nitrogen and oxygen atoms in total. The summed E-state index contributed by atoms with van der Waals surface area (Å²) in [7, 11) is 0. The molecule has 110 valence electrons. The highest BCUT2D eigenvalue weighted by Crippen LogP contribution is 2.20. The number of aliphatic hydroxyl groups excluding tert-OH is 1. The molecule has 20 heavy (non-hydrogen) atoms. The van der Waals surface area contributed by atoms with E-state index in [1.807, 2.05) is 26.0 Å². The lowest BCUT2D eigenvalue weighted by Gasteiger charge is -2.26. The molecule has 0 saturated heterocycles. The summed E-state index contributed by atoms with van der Waals surface area (Å²) in [6, 6.07) is 7.42. The van der Waals surface area contributed by atoms with Crippen LogP contribution in [0.25, 0.3) is 0 Å². The molecular weight excluding hydrogens is 254 g/mol. The van der Waals surface area contributed by atoms with Crippen molar-refractivity contribution in [2.24, 2.45) is 0 Å². The van der Waals surface area contributed by atoms with E-state index in [0.717, 1.165) is 25.7 Å². The van der Waals surface area contributed by atoms with Gasteiger partial charge in [0.15, 0.2) is 0 Å². The minimum absolute atomic E-state index is 0.0689. The Hall–Kier alpha value is -1.55. The Morgan fingerprint density at radius 2 is 2.00 bits per heavy atom. The van der Waals surface area contributed by atoms with Gasteiger partial charge in [-0.15, -0.1) is 0 Å². The zero-order valence-corrected chi connectivity index (χ0v) is 12.1. The first-order valence-electron chi connectivity index (χ1n) is 7.30. The number of aliphatic hydroxyl groups is 1. The molecule has 0 atom stereocenters. The van der Waals surface area contributed by atoms with Gasteiger partial charge in [-0.2, -0.15) is 0 Å². The largest absolute Gasteiger partial charge is 0.491 e. The van der Waals surface area contributed by atoms with Crippen molar-refractivity contribution in [1.29, 1.82) is 0 Å². The molecule has 2 rings (SSSR count). The molecule has 0 unspecified atom stereocenters. The number of carbonyl (C=O) groups is 1. The van der Waals surface area contributed by atoms with E-state index >= 15 is 0 Å². The van der Waals surface area contributed by atoms with E-state index in [2.05, 4.69) is 5.32 Å². The predicted octanol–water partition coefficient (Wildman–Crippen LogP) is 2.51. The average Bonchev–Trinajstić information content (AvgIpc) is 2.41. The molecular formula is C16H23NO3. The van der Waals surface area contributed by atoms with Crippen LogP contribution in [0.15, 0.2) is 24.3 Å². The van der Waals surface area contributed by atoms with Crippen LogP contribution >= 0.6 is 0 Å². The maximum Gasteiger partial charge on any atom is 0.251 e. The maximum absolute atomic E-state index is 12.2. The molecule has 0 bridgehead atoms. The molecule has 0 aliphatic heterocycles. The number of benzene rings is 1. The molecule has 0 radical (unpaired) electrons.